The van der Waals surface area contributed by atoms with Gasteiger partial charge in [-0.15, -0.1) is 0 Å². The molecule has 2 rings (SSSR count). The molecular weight excluding hydrogens is 308 g/mol. The van der Waals surface area contributed by atoms with Crippen LogP contribution >= 0.6 is 16.1 Å². The number of methoxy groups -OCH3 is 1. The number of carbonyl (C=O) groups is 1. The zero-order valence-corrected chi connectivity index (χ0v) is 11.9. The Morgan fingerprint density at radius 2 is 1.89 bits per heavy atom. The normalized spacial score (nSPS) is 9.79. The van der Waals surface area contributed by atoms with Gasteiger partial charge in [0.1, 0.15) is 5.75 Å². The summed E-state index contributed by atoms with van der Waals surface area (Å²) < 4.78 is 6.38. The van der Waals surface area contributed by atoms with Gasteiger partial charge in [0.25, 0.3) is 5.91 Å². The predicted octanol–water partition coefficient (Wildman–Crippen LogP) is 3.47. The molecule has 0 aliphatic heterocycles. The summed E-state index contributed by atoms with van der Waals surface area (Å²) in [4.78, 5) is 12.1. The van der Waals surface area contributed by atoms with Gasteiger partial charge in [0.2, 0.25) is 0 Å². The number of anilines is 1. The van der Waals surface area contributed by atoms with E-state index >= 15 is 0 Å². The van der Waals surface area contributed by atoms with Gasteiger partial charge in [-0.25, -0.2) is 0 Å². The maximum absolute atomic E-state index is 12.1. The highest BCUT2D eigenvalue weighted by Crippen LogP contribution is 2.19. The Kier molecular flexibility index (Phi) is 4.41. The smallest absolute Gasteiger partial charge is 0.282 e. The number of nitrogens with zero attached hydrogens (tertiary/aromatic N) is 1. The number of carbonyl (C=O) groups excluding carboxylic acids is 1. The zero-order valence-electron chi connectivity index (χ0n) is 10.3. The highest BCUT2D eigenvalue weighted by atomic mass is 79.9. The quantitative estimate of drug-likeness (QED) is 0.692. The van der Waals surface area contributed by atoms with E-state index in [0.717, 1.165) is 11.4 Å². The Hall–Kier alpha value is -2.01. The molecule has 2 aromatic carbocycles. The van der Waals surface area contributed by atoms with Crippen LogP contribution in [-0.2, 0) is 0 Å². The molecule has 0 radical (unpaired) electrons. The van der Waals surface area contributed by atoms with E-state index in [1.807, 2.05) is 36.4 Å². The van der Waals surface area contributed by atoms with Gasteiger partial charge in [0.05, 0.1) is 28.9 Å². The number of ether oxygens (including phenoxy) is 1. The molecule has 0 aliphatic carbocycles. The minimum Gasteiger partial charge on any atom is -0.497 e. The van der Waals surface area contributed by atoms with E-state index in [1.165, 1.54) is 4.03 Å². The molecule has 0 unspecified atom stereocenters. The lowest BCUT2D eigenvalue weighted by molar-refractivity contribution is 0.0897. The maximum Gasteiger partial charge on any atom is 0.282 e. The zero-order chi connectivity index (χ0) is 13.7. The monoisotopic (exact) mass is 320 g/mol. The summed E-state index contributed by atoms with van der Waals surface area (Å²) >= 11 is 3.20. The van der Waals surface area contributed by atoms with Crippen molar-refractivity contribution in [1.82, 2.24) is 4.03 Å². The molecule has 5 heteroatoms. The Labute approximate surface area is 120 Å². The van der Waals surface area contributed by atoms with Crippen LogP contribution in [0.4, 0.5) is 5.69 Å². The van der Waals surface area contributed by atoms with Gasteiger partial charge >= 0.3 is 0 Å². The molecule has 2 aromatic rings. The molecule has 0 bridgehead atoms. The number of amides is 1. The fourth-order valence-electron chi connectivity index (χ4n) is 1.55. The first-order chi connectivity index (χ1) is 9.20. The van der Waals surface area contributed by atoms with E-state index in [0.29, 0.717) is 5.56 Å². The summed E-state index contributed by atoms with van der Waals surface area (Å²) in [5.41, 5.74) is 4.28. The average molecular weight is 321 g/mol. The van der Waals surface area contributed by atoms with Crippen molar-refractivity contribution in [2.24, 2.45) is 0 Å². The van der Waals surface area contributed by atoms with E-state index in [2.05, 4.69) is 21.6 Å². The molecular formula is C14H13BrN2O2. The lowest BCUT2D eigenvalue weighted by atomic mass is 10.2. The minimum absolute atomic E-state index is 0.177. The number of rotatable bonds is 4. The number of halogens is 1. The summed E-state index contributed by atoms with van der Waals surface area (Å²) in [6.07, 6.45) is 0. The third kappa shape index (κ3) is 3.48. The molecule has 0 aliphatic rings. The first-order valence-electron chi connectivity index (χ1n) is 5.66. The van der Waals surface area contributed by atoms with Crippen LogP contribution in [-0.4, -0.2) is 17.1 Å². The van der Waals surface area contributed by atoms with Crippen LogP contribution in [0.5, 0.6) is 5.75 Å². The summed E-state index contributed by atoms with van der Waals surface area (Å²) in [6.45, 7) is 0. The lowest BCUT2D eigenvalue weighted by Crippen LogP contribution is -2.26. The second-order valence-corrected chi connectivity index (χ2v) is 4.51. The van der Waals surface area contributed by atoms with E-state index in [4.69, 9.17) is 4.74 Å². The van der Waals surface area contributed by atoms with Gasteiger partial charge in [0.15, 0.2) is 0 Å². The van der Waals surface area contributed by atoms with E-state index in [9.17, 15) is 4.79 Å². The second kappa shape index (κ2) is 6.24. The van der Waals surface area contributed by atoms with Crippen molar-refractivity contribution < 1.29 is 9.53 Å². The van der Waals surface area contributed by atoms with E-state index in [1.54, 1.807) is 25.3 Å². The molecule has 0 heterocycles. The second-order valence-electron chi connectivity index (χ2n) is 3.80. The van der Waals surface area contributed by atoms with Gasteiger partial charge in [-0.05, 0) is 24.3 Å². The number of benzene rings is 2. The van der Waals surface area contributed by atoms with Crippen LogP contribution in [0, 0.1) is 0 Å². The van der Waals surface area contributed by atoms with Gasteiger partial charge in [0, 0.05) is 11.6 Å². The van der Waals surface area contributed by atoms with Crippen LogP contribution in [0.1, 0.15) is 10.4 Å². The van der Waals surface area contributed by atoms with Crippen molar-refractivity contribution in [1.29, 1.82) is 0 Å². The molecule has 19 heavy (non-hydrogen) atoms. The number of hydrogen-bond donors (Lipinski definition) is 1. The molecule has 1 amide bonds. The van der Waals surface area contributed by atoms with Crippen molar-refractivity contribution in [2.45, 2.75) is 0 Å². The minimum atomic E-state index is -0.177. The fourth-order valence-corrected chi connectivity index (χ4v) is 1.96. The van der Waals surface area contributed by atoms with Crippen molar-refractivity contribution in [3.8, 4) is 5.75 Å². The molecule has 4 nitrogen and oxygen atoms in total. The van der Waals surface area contributed by atoms with Crippen molar-refractivity contribution in [3.63, 3.8) is 0 Å². The molecule has 0 spiro atoms. The van der Waals surface area contributed by atoms with Crippen LogP contribution in [0.25, 0.3) is 0 Å². The molecule has 0 fully saturated rings. The molecule has 98 valence electrons. The molecule has 0 saturated heterocycles. The first kappa shape index (κ1) is 13.4. The molecule has 1 N–H and O–H groups in total. The predicted molar refractivity (Wildman–Crippen MR) is 78.2 cm³/mol. The van der Waals surface area contributed by atoms with E-state index < -0.39 is 0 Å². The topological polar surface area (TPSA) is 41.6 Å². The highest BCUT2D eigenvalue weighted by molar-refractivity contribution is 9.07. The summed E-state index contributed by atoms with van der Waals surface area (Å²) in [5.74, 6) is 0.543. The number of nitrogens with one attached hydrogen (secondary N) is 1. The Balaban J connectivity index is 2.08. The van der Waals surface area contributed by atoms with Crippen LogP contribution in [0.15, 0.2) is 54.6 Å². The standard InChI is InChI=1S/C14H13BrN2O2/c1-19-13-9-5-8-12(10-13)16-17(15)14(18)11-6-3-2-4-7-11/h2-10,16H,1H3. The molecule has 0 aromatic heterocycles. The van der Waals surface area contributed by atoms with Crippen LogP contribution in [0.2, 0.25) is 0 Å². The van der Waals surface area contributed by atoms with E-state index in [-0.39, 0.29) is 5.91 Å². The average Bonchev–Trinajstić information content (AvgIpc) is 2.47. The Morgan fingerprint density at radius 1 is 1.16 bits per heavy atom. The fraction of sp³-hybridized carbons (Fsp3) is 0.0714. The maximum atomic E-state index is 12.1. The summed E-state index contributed by atoms with van der Waals surface area (Å²) in [6, 6.07) is 16.3. The number of hydrazine groups is 1. The Bertz CT molecular complexity index is 560. The third-order valence-electron chi connectivity index (χ3n) is 2.50. The van der Waals surface area contributed by atoms with Gasteiger partial charge in [-0.2, -0.15) is 4.03 Å². The van der Waals surface area contributed by atoms with Crippen molar-refractivity contribution in [2.75, 3.05) is 12.5 Å². The lowest BCUT2D eigenvalue weighted by Gasteiger charge is -2.17. The first-order valence-corrected chi connectivity index (χ1v) is 6.37. The number of hydrogen-bond acceptors (Lipinski definition) is 3. The highest BCUT2D eigenvalue weighted by Gasteiger charge is 2.12. The largest absolute Gasteiger partial charge is 0.497 e. The van der Waals surface area contributed by atoms with Crippen LogP contribution in [0.3, 0.4) is 0 Å². The third-order valence-corrected chi connectivity index (χ3v) is 3.00. The summed E-state index contributed by atoms with van der Waals surface area (Å²) in [5, 5.41) is 0. The van der Waals surface area contributed by atoms with Crippen molar-refractivity contribution in [3.05, 3.63) is 60.2 Å². The van der Waals surface area contributed by atoms with Gasteiger partial charge in [-0.3, -0.25) is 10.2 Å². The Morgan fingerprint density at radius 3 is 2.58 bits per heavy atom. The van der Waals surface area contributed by atoms with Gasteiger partial charge < -0.3 is 4.74 Å². The van der Waals surface area contributed by atoms with Crippen LogP contribution < -0.4 is 10.2 Å². The van der Waals surface area contributed by atoms with Gasteiger partial charge in [-0.1, -0.05) is 24.3 Å². The molecule has 0 atom stereocenters. The SMILES string of the molecule is COc1cccc(NN(Br)C(=O)c2ccccc2)c1. The summed E-state index contributed by atoms with van der Waals surface area (Å²) in [7, 11) is 1.60. The van der Waals surface area contributed by atoms with Crippen molar-refractivity contribution >= 4 is 27.7 Å². The molecule has 0 saturated carbocycles.